The molecule has 3 rings (SSSR count). The highest BCUT2D eigenvalue weighted by molar-refractivity contribution is 5.96. The van der Waals surface area contributed by atoms with E-state index >= 15 is 0 Å². The number of carbonyl (C=O) groups excluding carboxylic acids is 1. The van der Waals surface area contributed by atoms with Gasteiger partial charge in [-0.05, 0) is 40.0 Å². The van der Waals surface area contributed by atoms with E-state index in [9.17, 15) is 4.79 Å². The summed E-state index contributed by atoms with van der Waals surface area (Å²) in [6.45, 7) is 6.43. The Hall–Kier alpha value is -1.36. The Morgan fingerprint density at radius 2 is 2.09 bits per heavy atom. The Morgan fingerprint density at radius 1 is 1.41 bits per heavy atom. The van der Waals surface area contributed by atoms with Crippen LogP contribution in [0.1, 0.15) is 60.8 Å². The molecule has 2 fully saturated rings. The van der Waals surface area contributed by atoms with Gasteiger partial charge in [0.15, 0.2) is 0 Å². The van der Waals surface area contributed by atoms with E-state index in [1.165, 1.54) is 25.7 Å². The van der Waals surface area contributed by atoms with Gasteiger partial charge < -0.3 is 14.2 Å². The van der Waals surface area contributed by atoms with E-state index in [-0.39, 0.29) is 17.4 Å². The Morgan fingerprint density at radius 3 is 2.64 bits per heavy atom. The molecule has 0 radical (unpaired) electrons. The molecular formula is C17H26N2O3. The van der Waals surface area contributed by atoms with E-state index < -0.39 is 0 Å². The standard InChI is InChI=1S/C17H26N2O3/c1-5-21-14-10-13(17(14)8-6-7-9-17)19(4)16(20)15-11(2)18-22-12(15)3/h13-14H,5-10H2,1-4H3/t13-,14-/m0/s1. The van der Waals surface area contributed by atoms with Crippen molar-refractivity contribution in [1.29, 1.82) is 0 Å². The molecule has 1 aromatic heterocycles. The second kappa shape index (κ2) is 5.69. The molecule has 2 aliphatic carbocycles. The third kappa shape index (κ3) is 2.18. The van der Waals surface area contributed by atoms with Crippen LogP contribution in [0.25, 0.3) is 0 Å². The topological polar surface area (TPSA) is 55.6 Å². The fourth-order valence-electron chi connectivity index (χ4n) is 4.50. The minimum absolute atomic E-state index is 0.0301. The quantitative estimate of drug-likeness (QED) is 0.857. The molecule has 22 heavy (non-hydrogen) atoms. The van der Waals surface area contributed by atoms with Crippen LogP contribution in [0.4, 0.5) is 0 Å². The molecule has 1 spiro atoms. The largest absolute Gasteiger partial charge is 0.378 e. The highest BCUT2D eigenvalue weighted by Crippen LogP contribution is 2.56. The van der Waals surface area contributed by atoms with Crippen LogP contribution in [0, 0.1) is 19.3 Å². The zero-order chi connectivity index (χ0) is 15.9. The Bertz CT molecular complexity index is 541. The van der Waals surface area contributed by atoms with Crippen molar-refractivity contribution in [3.05, 3.63) is 17.0 Å². The molecule has 122 valence electrons. The average Bonchev–Trinajstić information content (AvgIpc) is 3.11. The van der Waals surface area contributed by atoms with E-state index in [4.69, 9.17) is 9.26 Å². The van der Waals surface area contributed by atoms with Crippen LogP contribution in [0.5, 0.6) is 0 Å². The fourth-order valence-corrected chi connectivity index (χ4v) is 4.50. The minimum atomic E-state index is 0.0301. The molecule has 0 N–H and O–H groups in total. The highest BCUT2D eigenvalue weighted by atomic mass is 16.5. The van der Waals surface area contributed by atoms with Crippen LogP contribution in [-0.4, -0.2) is 41.8 Å². The van der Waals surface area contributed by atoms with Crippen molar-refractivity contribution in [3.63, 3.8) is 0 Å². The zero-order valence-electron chi connectivity index (χ0n) is 14.0. The molecule has 0 aromatic carbocycles. The average molecular weight is 306 g/mol. The smallest absolute Gasteiger partial charge is 0.259 e. The molecule has 2 atom stereocenters. The number of hydrogen-bond acceptors (Lipinski definition) is 4. The number of carbonyl (C=O) groups is 1. The van der Waals surface area contributed by atoms with E-state index in [0.717, 1.165) is 13.0 Å². The molecule has 5 nitrogen and oxygen atoms in total. The van der Waals surface area contributed by atoms with Gasteiger partial charge in [0.25, 0.3) is 5.91 Å². The predicted octanol–water partition coefficient (Wildman–Crippen LogP) is 3.10. The van der Waals surface area contributed by atoms with Crippen LogP contribution in [0.15, 0.2) is 4.52 Å². The van der Waals surface area contributed by atoms with Crippen LogP contribution in [-0.2, 0) is 4.74 Å². The van der Waals surface area contributed by atoms with Gasteiger partial charge in [-0.2, -0.15) is 0 Å². The molecule has 0 unspecified atom stereocenters. The van der Waals surface area contributed by atoms with E-state index in [0.29, 0.717) is 23.1 Å². The minimum Gasteiger partial charge on any atom is -0.378 e. The molecular weight excluding hydrogens is 280 g/mol. The van der Waals surface area contributed by atoms with Crippen molar-refractivity contribution in [2.45, 2.75) is 65.0 Å². The molecule has 1 amide bonds. The maximum Gasteiger partial charge on any atom is 0.259 e. The van der Waals surface area contributed by atoms with Crippen molar-refractivity contribution in [2.75, 3.05) is 13.7 Å². The molecule has 1 heterocycles. The van der Waals surface area contributed by atoms with Crippen molar-refractivity contribution >= 4 is 5.91 Å². The Labute approximate surface area is 132 Å². The van der Waals surface area contributed by atoms with Crippen LogP contribution < -0.4 is 0 Å². The summed E-state index contributed by atoms with van der Waals surface area (Å²) in [6, 6.07) is 0.271. The number of rotatable bonds is 4. The monoisotopic (exact) mass is 306 g/mol. The van der Waals surface area contributed by atoms with Gasteiger partial charge in [-0.3, -0.25) is 4.79 Å². The third-order valence-electron chi connectivity index (χ3n) is 5.68. The van der Waals surface area contributed by atoms with Crippen molar-refractivity contribution < 1.29 is 14.1 Å². The lowest BCUT2D eigenvalue weighted by atomic mass is 9.60. The molecule has 2 aliphatic rings. The number of nitrogens with zero attached hydrogens (tertiary/aromatic N) is 2. The lowest BCUT2D eigenvalue weighted by Crippen LogP contribution is -2.64. The summed E-state index contributed by atoms with van der Waals surface area (Å²) in [4.78, 5) is 14.8. The maximum absolute atomic E-state index is 12.9. The summed E-state index contributed by atoms with van der Waals surface area (Å²) in [7, 11) is 1.92. The predicted molar refractivity (Wildman–Crippen MR) is 82.8 cm³/mol. The first-order chi connectivity index (χ1) is 10.5. The van der Waals surface area contributed by atoms with E-state index in [1.807, 2.05) is 18.9 Å². The van der Waals surface area contributed by atoms with Gasteiger partial charge in [0.2, 0.25) is 0 Å². The number of ether oxygens (including phenoxy) is 1. The summed E-state index contributed by atoms with van der Waals surface area (Å²) in [5, 5.41) is 3.91. The van der Waals surface area contributed by atoms with E-state index in [2.05, 4.69) is 12.1 Å². The van der Waals surface area contributed by atoms with Crippen molar-refractivity contribution in [3.8, 4) is 0 Å². The number of aryl methyl sites for hydroxylation is 2. The first-order valence-corrected chi connectivity index (χ1v) is 8.33. The fraction of sp³-hybridized carbons (Fsp3) is 0.765. The third-order valence-corrected chi connectivity index (χ3v) is 5.68. The van der Waals surface area contributed by atoms with Crippen LogP contribution >= 0.6 is 0 Å². The number of hydrogen-bond donors (Lipinski definition) is 0. The highest BCUT2D eigenvalue weighted by Gasteiger charge is 2.59. The summed E-state index contributed by atoms with van der Waals surface area (Å²) in [6.07, 6.45) is 6.08. The van der Waals surface area contributed by atoms with Gasteiger partial charge in [0.1, 0.15) is 11.3 Å². The number of aromatic nitrogens is 1. The summed E-state index contributed by atoms with van der Waals surface area (Å²) >= 11 is 0. The first-order valence-electron chi connectivity index (χ1n) is 8.33. The van der Waals surface area contributed by atoms with Gasteiger partial charge in [-0.15, -0.1) is 0 Å². The molecule has 1 aromatic rings. The first kappa shape index (κ1) is 15.5. The second-order valence-corrected chi connectivity index (χ2v) is 6.75. The summed E-state index contributed by atoms with van der Waals surface area (Å²) in [5.41, 5.74) is 1.46. The van der Waals surface area contributed by atoms with Gasteiger partial charge in [0, 0.05) is 25.1 Å². The van der Waals surface area contributed by atoms with Crippen molar-refractivity contribution in [2.24, 2.45) is 5.41 Å². The van der Waals surface area contributed by atoms with Crippen LogP contribution in [0.2, 0.25) is 0 Å². The maximum atomic E-state index is 12.9. The second-order valence-electron chi connectivity index (χ2n) is 6.75. The lowest BCUT2D eigenvalue weighted by Gasteiger charge is -2.57. The summed E-state index contributed by atoms with van der Waals surface area (Å²) < 4.78 is 11.1. The van der Waals surface area contributed by atoms with Gasteiger partial charge in [-0.1, -0.05) is 18.0 Å². The van der Waals surface area contributed by atoms with Gasteiger partial charge in [-0.25, -0.2) is 0 Å². The normalized spacial score (nSPS) is 26.2. The molecule has 0 aliphatic heterocycles. The Balaban J connectivity index is 1.80. The summed E-state index contributed by atoms with van der Waals surface area (Å²) in [5.74, 6) is 0.637. The van der Waals surface area contributed by atoms with Gasteiger partial charge in [0.05, 0.1) is 11.8 Å². The molecule has 0 saturated heterocycles. The zero-order valence-corrected chi connectivity index (χ0v) is 14.0. The Kier molecular flexibility index (Phi) is 4.02. The number of amides is 1. The SMILES string of the molecule is CCO[C@H]1C[C@H](N(C)C(=O)c2c(C)noc2C)C12CCCC2. The molecule has 0 bridgehead atoms. The van der Waals surface area contributed by atoms with Crippen molar-refractivity contribution in [1.82, 2.24) is 10.1 Å². The van der Waals surface area contributed by atoms with E-state index in [1.54, 1.807) is 6.92 Å². The lowest BCUT2D eigenvalue weighted by molar-refractivity contribution is -0.152. The van der Waals surface area contributed by atoms with Crippen LogP contribution in [0.3, 0.4) is 0 Å². The van der Waals surface area contributed by atoms with Gasteiger partial charge >= 0.3 is 0 Å². The molecule has 5 heteroatoms. The molecule has 2 saturated carbocycles.